The number of ketones is 1. The van der Waals surface area contributed by atoms with Crippen molar-refractivity contribution in [1.29, 1.82) is 0 Å². The van der Waals surface area contributed by atoms with E-state index in [4.69, 9.17) is 4.99 Å². The molecule has 2 aromatic rings. The lowest BCUT2D eigenvalue weighted by Crippen LogP contribution is -2.32. The summed E-state index contributed by atoms with van der Waals surface area (Å²) >= 11 is 0. The van der Waals surface area contributed by atoms with E-state index < -0.39 is 5.92 Å². The van der Waals surface area contributed by atoms with E-state index in [9.17, 15) is 9.59 Å². The Labute approximate surface area is 158 Å². The summed E-state index contributed by atoms with van der Waals surface area (Å²) in [6.45, 7) is 3.43. The van der Waals surface area contributed by atoms with Crippen LogP contribution in [-0.2, 0) is 4.79 Å². The summed E-state index contributed by atoms with van der Waals surface area (Å²) in [6.07, 6.45) is 1.93. The maximum atomic E-state index is 12.9. The van der Waals surface area contributed by atoms with Crippen LogP contribution in [0.25, 0.3) is 0 Å². The minimum Gasteiger partial charge on any atom is -0.325 e. The van der Waals surface area contributed by atoms with Crippen LogP contribution in [0.15, 0.2) is 53.5 Å². The largest absolute Gasteiger partial charge is 0.325 e. The van der Waals surface area contributed by atoms with Crippen LogP contribution < -0.4 is 10.6 Å². The van der Waals surface area contributed by atoms with Crippen LogP contribution in [0.4, 0.5) is 5.69 Å². The number of benzene rings is 2. The molecule has 2 heterocycles. The zero-order valence-corrected chi connectivity index (χ0v) is 15.4. The number of Topliss-reactive ketones (excluding diaryl/α,β-unsaturated/α-hetero) is 1. The Kier molecular flexibility index (Phi) is 4.86. The summed E-state index contributed by atoms with van der Waals surface area (Å²) < 4.78 is 0. The van der Waals surface area contributed by atoms with Gasteiger partial charge >= 0.3 is 0 Å². The average molecular weight is 361 g/mol. The SMILES string of the molecule is CC(=O)c1ccc2c(c1)C(C(=NC1CCNCC1)c1ccccc1)C(=O)N2. The Morgan fingerprint density at radius 1 is 1.04 bits per heavy atom. The fourth-order valence-electron chi connectivity index (χ4n) is 3.81. The second kappa shape index (κ2) is 7.45. The highest BCUT2D eigenvalue weighted by atomic mass is 16.2. The van der Waals surface area contributed by atoms with E-state index in [0.717, 1.165) is 48.5 Å². The van der Waals surface area contributed by atoms with Gasteiger partial charge in [-0.05, 0) is 62.2 Å². The van der Waals surface area contributed by atoms with Gasteiger partial charge in [-0.1, -0.05) is 30.3 Å². The number of hydrogen-bond acceptors (Lipinski definition) is 4. The molecule has 0 bridgehead atoms. The summed E-state index contributed by atoms with van der Waals surface area (Å²) in [4.78, 5) is 29.8. The topological polar surface area (TPSA) is 70.6 Å². The lowest BCUT2D eigenvalue weighted by Gasteiger charge is -2.22. The summed E-state index contributed by atoms with van der Waals surface area (Å²) in [5.41, 5.74) is 3.97. The molecule has 27 heavy (non-hydrogen) atoms. The molecular formula is C22H23N3O2. The normalized spacial score (nSPS) is 20.3. The van der Waals surface area contributed by atoms with Crippen molar-refractivity contribution in [3.8, 4) is 0 Å². The van der Waals surface area contributed by atoms with Crippen molar-refractivity contribution in [2.45, 2.75) is 31.7 Å². The maximum absolute atomic E-state index is 12.9. The monoisotopic (exact) mass is 361 g/mol. The first-order chi connectivity index (χ1) is 13.1. The zero-order valence-electron chi connectivity index (χ0n) is 15.4. The number of piperidine rings is 1. The molecule has 5 nitrogen and oxygen atoms in total. The number of nitrogens with zero attached hydrogens (tertiary/aromatic N) is 1. The van der Waals surface area contributed by atoms with Crippen LogP contribution in [-0.4, -0.2) is 36.5 Å². The van der Waals surface area contributed by atoms with Crippen molar-refractivity contribution in [3.63, 3.8) is 0 Å². The molecule has 2 aliphatic rings. The first kappa shape index (κ1) is 17.6. The number of aliphatic imine (C=N–C) groups is 1. The molecule has 1 fully saturated rings. The zero-order chi connectivity index (χ0) is 18.8. The molecule has 0 radical (unpaired) electrons. The van der Waals surface area contributed by atoms with Gasteiger partial charge in [0.2, 0.25) is 5.91 Å². The van der Waals surface area contributed by atoms with Gasteiger partial charge < -0.3 is 10.6 Å². The third-order valence-electron chi connectivity index (χ3n) is 5.26. The van der Waals surface area contributed by atoms with E-state index in [0.29, 0.717) is 5.56 Å². The molecule has 138 valence electrons. The number of nitrogens with one attached hydrogen (secondary N) is 2. The van der Waals surface area contributed by atoms with Gasteiger partial charge in [0.15, 0.2) is 5.78 Å². The second-order valence-electron chi connectivity index (χ2n) is 7.14. The van der Waals surface area contributed by atoms with E-state index in [1.54, 1.807) is 13.0 Å². The third-order valence-corrected chi connectivity index (χ3v) is 5.26. The molecule has 1 saturated heterocycles. The van der Waals surface area contributed by atoms with E-state index >= 15 is 0 Å². The van der Waals surface area contributed by atoms with Crippen molar-refractivity contribution in [2.75, 3.05) is 18.4 Å². The smallest absolute Gasteiger partial charge is 0.238 e. The molecule has 1 amide bonds. The first-order valence-electron chi connectivity index (χ1n) is 9.43. The molecule has 5 heteroatoms. The summed E-state index contributed by atoms with van der Waals surface area (Å²) in [5, 5.41) is 6.31. The molecule has 2 aliphatic heterocycles. The van der Waals surface area contributed by atoms with E-state index in [-0.39, 0.29) is 17.7 Å². The number of anilines is 1. The van der Waals surface area contributed by atoms with Gasteiger partial charge in [0.25, 0.3) is 0 Å². The number of carbonyl (C=O) groups is 2. The lowest BCUT2D eigenvalue weighted by molar-refractivity contribution is -0.115. The van der Waals surface area contributed by atoms with Crippen molar-refractivity contribution in [3.05, 3.63) is 65.2 Å². The minimum absolute atomic E-state index is 0.00699. The summed E-state index contributed by atoms with van der Waals surface area (Å²) in [6, 6.07) is 15.5. The molecule has 4 rings (SSSR count). The Bertz CT molecular complexity index is 899. The second-order valence-corrected chi connectivity index (χ2v) is 7.14. The summed E-state index contributed by atoms with van der Waals surface area (Å²) in [5.74, 6) is -0.578. The van der Waals surface area contributed by atoms with Crippen LogP contribution >= 0.6 is 0 Å². The first-order valence-corrected chi connectivity index (χ1v) is 9.43. The van der Waals surface area contributed by atoms with E-state index in [2.05, 4.69) is 10.6 Å². The number of fused-ring (bicyclic) bond motifs is 1. The van der Waals surface area contributed by atoms with Crippen molar-refractivity contribution < 1.29 is 9.59 Å². The highest BCUT2D eigenvalue weighted by Gasteiger charge is 2.36. The molecule has 2 N–H and O–H groups in total. The number of rotatable bonds is 4. The maximum Gasteiger partial charge on any atom is 0.238 e. The Hall–Kier alpha value is -2.79. The van der Waals surface area contributed by atoms with Crippen molar-refractivity contribution in [1.82, 2.24) is 5.32 Å². The van der Waals surface area contributed by atoms with Gasteiger partial charge in [-0.15, -0.1) is 0 Å². The molecule has 0 spiro atoms. The van der Waals surface area contributed by atoms with E-state index in [1.165, 1.54) is 0 Å². The fourth-order valence-corrected chi connectivity index (χ4v) is 3.81. The van der Waals surface area contributed by atoms with Crippen LogP contribution in [0.2, 0.25) is 0 Å². The number of carbonyl (C=O) groups excluding carboxylic acids is 2. The van der Waals surface area contributed by atoms with Gasteiger partial charge in [0.05, 0.1) is 11.8 Å². The quantitative estimate of drug-likeness (QED) is 0.649. The molecule has 2 aromatic carbocycles. The van der Waals surface area contributed by atoms with Crippen molar-refractivity contribution >= 4 is 23.1 Å². The molecule has 1 atom stereocenters. The van der Waals surface area contributed by atoms with Crippen LogP contribution in [0.5, 0.6) is 0 Å². The highest BCUT2D eigenvalue weighted by molar-refractivity contribution is 6.24. The van der Waals surface area contributed by atoms with Crippen LogP contribution in [0.3, 0.4) is 0 Å². The van der Waals surface area contributed by atoms with Crippen LogP contribution in [0, 0.1) is 0 Å². The van der Waals surface area contributed by atoms with E-state index in [1.807, 2.05) is 42.5 Å². The predicted molar refractivity (Wildman–Crippen MR) is 107 cm³/mol. The van der Waals surface area contributed by atoms with Gasteiger partial charge in [-0.3, -0.25) is 14.6 Å². The lowest BCUT2D eigenvalue weighted by atomic mass is 9.89. The Morgan fingerprint density at radius 3 is 2.48 bits per heavy atom. The molecular weight excluding hydrogens is 338 g/mol. The Balaban J connectivity index is 1.81. The average Bonchev–Trinajstić information content (AvgIpc) is 3.02. The number of amides is 1. The number of hydrogen-bond donors (Lipinski definition) is 2. The molecule has 0 aromatic heterocycles. The molecule has 0 saturated carbocycles. The van der Waals surface area contributed by atoms with Crippen molar-refractivity contribution in [2.24, 2.45) is 4.99 Å². The third kappa shape index (κ3) is 3.55. The predicted octanol–water partition coefficient (Wildman–Crippen LogP) is 3.17. The highest BCUT2D eigenvalue weighted by Crippen LogP contribution is 2.36. The van der Waals surface area contributed by atoms with Gasteiger partial charge in [-0.2, -0.15) is 0 Å². The molecule has 1 unspecified atom stereocenters. The molecule has 0 aliphatic carbocycles. The standard InChI is InChI=1S/C22H23N3O2/c1-14(26)16-7-8-19-18(13-16)20(22(27)25-19)21(15-5-3-2-4-6-15)24-17-9-11-23-12-10-17/h2-8,13,17,20,23H,9-12H2,1H3,(H,25,27). The van der Waals surface area contributed by atoms with Crippen LogP contribution in [0.1, 0.15) is 47.2 Å². The van der Waals surface area contributed by atoms with Gasteiger partial charge in [-0.25, -0.2) is 0 Å². The fraction of sp³-hybridized carbons (Fsp3) is 0.318. The summed E-state index contributed by atoms with van der Waals surface area (Å²) in [7, 11) is 0. The Morgan fingerprint density at radius 2 is 1.78 bits per heavy atom. The van der Waals surface area contributed by atoms with Gasteiger partial charge in [0, 0.05) is 11.3 Å². The minimum atomic E-state index is -0.489. The van der Waals surface area contributed by atoms with Gasteiger partial charge in [0.1, 0.15) is 5.92 Å².